The van der Waals surface area contributed by atoms with Crippen LogP contribution in [-0.4, -0.2) is 44.3 Å². The van der Waals surface area contributed by atoms with Crippen LogP contribution < -0.4 is 0 Å². The molecule has 0 aromatic heterocycles. The van der Waals surface area contributed by atoms with Gasteiger partial charge in [0.05, 0.1) is 17.8 Å². The molecule has 2 aliphatic carbocycles. The SMILES string of the molecule is CC(C=CC1C(C)(C)C[C@H](O)C[C@@]1(C)O)/C=C/CC(C)CC/C=C/C(C)C/C=C/C(C)/C=C/[C@@]12O[C@]1(C)C[C@@H](O)CC2(C)C. The Morgan fingerprint density at radius 3 is 1.98 bits per heavy atom. The van der Waals surface area contributed by atoms with E-state index in [1.165, 1.54) is 6.42 Å². The maximum absolute atomic E-state index is 11.0. The van der Waals surface area contributed by atoms with Gasteiger partial charge in [-0.25, -0.2) is 0 Å². The van der Waals surface area contributed by atoms with Crippen LogP contribution in [0.25, 0.3) is 0 Å². The Bertz CT molecular complexity index is 1060. The highest BCUT2D eigenvalue weighted by atomic mass is 16.6. The summed E-state index contributed by atoms with van der Waals surface area (Å²) in [6, 6.07) is 0. The minimum atomic E-state index is -0.875. The van der Waals surface area contributed by atoms with Gasteiger partial charge in [-0.05, 0) is 81.5 Å². The van der Waals surface area contributed by atoms with Crippen molar-refractivity contribution in [2.75, 3.05) is 0 Å². The second kappa shape index (κ2) is 14.5. The van der Waals surface area contributed by atoms with E-state index >= 15 is 0 Å². The van der Waals surface area contributed by atoms with E-state index in [4.69, 9.17) is 4.74 Å². The van der Waals surface area contributed by atoms with Gasteiger partial charge in [-0.15, -0.1) is 0 Å². The number of fused-ring (bicyclic) bond motifs is 1. The van der Waals surface area contributed by atoms with Crippen LogP contribution in [0.5, 0.6) is 0 Å². The molecule has 0 spiro atoms. The number of rotatable bonds is 14. The lowest BCUT2D eigenvalue weighted by Gasteiger charge is -2.48. The molecule has 1 saturated heterocycles. The van der Waals surface area contributed by atoms with Crippen molar-refractivity contribution < 1.29 is 20.1 Å². The first-order chi connectivity index (χ1) is 20.3. The quantitative estimate of drug-likeness (QED) is 0.135. The van der Waals surface area contributed by atoms with Gasteiger partial charge in [-0.1, -0.05) is 116 Å². The fraction of sp³-hybridized carbons (Fsp3) is 0.750. The predicted octanol–water partition coefficient (Wildman–Crippen LogP) is 9.13. The molecule has 10 atom stereocenters. The summed E-state index contributed by atoms with van der Waals surface area (Å²) in [6.45, 7) is 21.8. The average Bonchev–Trinajstić information content (AvgIpc) is 3.49. The zero-order valence-corrected chi connectivity index (χ0v) is 29.7. The van der Waals surface area contributed by atoms with Crippen molar-refractivity contribution in [3.63, 3.8) is 0 Å². The molecular weight excluding hydrogens is 544 g/mol. The molecule has 4 nitrogen and oxygen atoms in total. The van der Waals surface area contributed by atoms with Crippen molar-refractivity contribution in [1.29, 1.82) is 0 Å². The lowest BCUT2D eigenvalue weighted by atomic mass is 9.61. The molecule has 250 valence electrons. The number of epoxide rings is 1. The largest absolute Gasteiger partial charge is 0.393 e. The minimum absolute atomic E-state index is 0.0394. The van der Waals surface area contributed by atoms with Gasteiger partial charge in [0.2, 0.25) is 0 Å². The number of hydrogen-bond donors (Lipinski definition) is 3. The summed E-state index contributed by atoms with van der Waals surface area (Å²) in [5, 5.41) is 31.4. The van der Waals surface area contributed by atoms with Gasteiger partial charge in [0.25, 0.3) is 0 Å². The van der Waals surface area contributed by atoms with Crippen LogP contribution in [0.3, 0.4) is 0 Å². The van der Waals surface area contributed by atoms with Crippen LogP contribution in [-0.2, 0) is 4.74 Å². The molecule has 0 bridgehead atoms. The van der Waals surface area contributed by atoms with Gasteiger partial charge in [0.15, 0.2) is 0 Å². The van der Waals surface area contributed by atoms with Crippen molar-refractivity contribution in [3.8, 4) is 0 Å². The van der Waals surface area contributed by atoms with Crippen LogP contribution in [0.1, 0.15) is 121 Å². The monoisotopic (exact) mass is 610 g/mol. The number of aliphatic hydroxyl groups excluding tert-OH is 2. The summed E-state index contributed by atoms with van der Waals surface area (Å²) in [6.07, 6.45) is 29.3. The van der Waals surface area contributed by atoms with Gasteiger partial charge in [0, 0.05) is 24.2 Å². The Labute approximate surface area is 270 Å². The third-order valence-corrected chi connectivity index (χ3v) is 10.9. The van der Waals surface area contributed by atoms with Crippen LogP contribution in [0.2, 0.25) is 0 Å². The van der Waals surface area contributed by atoms with E-state index in [0.717, 1.165) is 38.5 Å². The molecule has 3 aliphatic rings. The lowest BCUT2D eigenvalue weighted by molar-refractivity contribution is -0.111. The molecule has 3 N–H and O–H groups in total. The molecule has 2 saturated carbocycles. The molecule has 5 unspecified atom stereocenters. The van der Waals surface area contributed by atoms with Crippen molar-refractivity contribution in [1.82, 2.24) is 0 Å². The van der Waals surface area contributed by atoms with Crippen LogP contribution in [0, 0.1) is 40.4 Å². The topological polar surface area (TPSA) is 73.2 Å². The van der Waals surface area contributed by atoms with Crippen LogP contribution >= 0.6 is 0 Å². The molecule has 0 aromatic carbocycles. The fourth-order valence-electron chi connectivity index (χ4n) is 8.44. The van der Waals surface area contributed by atoms with E-state index in [-0.39, 0.29) is 34.1 Å². The standard InChI is InChI=1S/C40H66O4/c1-29(17-13-19-31(3)21-22-35-36(5,6)25-33(41)27-38(35,9)43)15-11-12-16-30(2)18-14-20-32(4)23-24-40-37(7,8)26-34(42)28-39(40,10)44-40/h12-14,16,19-24,29-35,41-43H,11,15,17-18,25-28H2,1-10H3/b16-12+,19-13+,20-14+,22-21?,24-23+/t29?,30?,31?,32?,33-,34-,35?,38+,39+,40-/m0/s1. The smallest absolute Gasteiger partial charge is 0.121 e. The van der Waals surface area contributed by atoms with Crippen LogP contribution in [0.4, 0.5) is 0 Å². The molecular formula is C40H66O4. The van der Waals surface area contributed by atoms with Crippen molar-refractivity contribution in [3.05, 3.63) is 60.8 Å². The van der Waals surface area contributed by atoms with Crippen molar-refractivity contribution in [2.24, 2.45) is 40.4 Å². The lowest BCUT2D eigenvalue weighted by Crippen LogP contribution is -2.50. The molecule has 0 radical (unpaired) electrons. The molecule has 3 fully saturated rings. The van der Waals surface area contributed by atoms with Gasteiger partial charge < -0.3 is 20.1 Å². The molecule has 3 rings (SSSR count). The molecule has 1 aliphatic heterocycles. The normalized spacial score (nSPS) is 38.1. The summed E-state index contributed by atoms with van der Waals surface area (Å²) in [7, 11) is 0. The van der Waals surface area contributed by atoms with Gasteiger partial charge in [0.1, 0.15) is 11.2 Å². The Hall–Kier alpha value is -1.46. The minimum Gasteiger partial charge on any atom is -0.393 e. The van der Waals surface area contributed by atoms with E-state index < -0.39 is 11.7 Å². The maximum Gasteiger partial charge on any atom is 0.121 e. The Morgan fingerprint density at radius 2 is 1.34 bits per heavy atom. The zero-order valence-electron chi connectivity index (χ0n) is 29.7. The van der Waals surface area contributed by atoms with E-state index in [1.807, 2.05) is 6.92 Å². The molecule has 0 aromatic rings. The number of aliphatic hydroxyl groups is 3. The zero-order chi connectivity index (χ0) is 33.0. The van der Waals surface area contributed by atoms with Gasteiger partial charge >= 0.3 is 0 Å². The second-order valence-electron chi connectivity index (χ2n) is 16.8. The van der Waals surface area contributed by atoms with Gasteiger partial charge in [-0.3, -0.25) is 0 Å². The van der Waals surface area contributed by atoms with Crippen molar-refractivity contribution in [2.45, 2.75) is 150 Å². The molecule has 1 heterocycles. The first kappa shape index (κ1) is 37.0. The highest BCUT2D eigenvalue weighted by Crippen LogP contribution is 2.66. The number of ether oxygens (including phenoxy) is 1. The number of hydrogen-bond acceptors (Lipinski definition) is 4. The van der Waals surface area contributed by atoms with E-state index in [2.05, 4.69) is 123 Å². The third kappa shape index (κ3) is 9.30. The Kier molecular flexibility index (Phi) is 12.2. The first-order valence-electron chi connectivity index (χ1n) is 17.5. The van der Waals surface area contributed by atoms with E-state index in [9.17, 15) is 15.3 Å². The predicted molar refractivity (Wildman–Crippen MR) is 185 cm³/mol. The molecule has 4 heteroatoms. The van der Waals surface area contributed by atoms with Gasteiger partial charge in [-0.2, -0.15) is 0 Å². The highest BCUT2D eigenvalue weighted by molar-refractivity contribution is 5.32. The Balaban J connectivity index is 1.34. The molecule has 0 amide bonds. The Morgan fingerprint density at radius 1 is 0.727 bits per heavy atom. The van der Waals surface area contributed by atoms with E-state index in [1.54, 1.807) is 0 Å². The highest BCUT2D eigenvalue weighted by Gasteiger charge is 2.74. The molecule has 44 heavy (non-hydrogen) atoms. The van der Waals surface area contributed by atoms with Crippen LogP contribution in [0.15, 0.2) is 60.8 Å². The summed E-state index contributed by atoms with van der Waals surface area (Å²) in [5.41, 5.74) is -1.55. The first-order valence-corrected chi connectivity index (χ1v) is 17.5. The third-order valence-electron chi connectivity index (χ3n) is 10.9. The maximum atomic E-state index is 11.0. The fourth-order valence-corrected chi connectivity index (χ4v) is 8.44. The summed E-state index contributed by atoms with van der Waals surface area (Å²) in [4.78, 5) is 0. The summed E-state index contributed by atoms with van der Waals surface area (Å²) < 4.78 is 6.28. The summed E-state index contributed by atoms with van der Waals surface area (Å²) in [5.74, 6) is 1.88. The number of allylic oxidation sites excluding steroid dienone is 8. The van der Waals surface area contributed by atoms with E-state index in [0.29, 0.717) is 30.1 Å². The van der Waals surface area contributed by atoms with Crippen molar-refractivity contribution >= 4 is 0 Å². The summed E-state index contributed by atoms with van der Waals surface area (Å²) >= 11 is 0. The second-order valence-corrected chi connectivity index (χ2v) is 16.8. The average molecular weight is 611 g/mol.